The third-order valence-corrected chi connectivity index (χ3v) is 6.87. The van der Waals surface area contributed by atoms with Crippen LogP contribution in [0.15, 0.2) is 48.5 Å². The quantitative estimate of drug-likeness (QED) is 0.550. The van der Waals surface area contributed by atoms with Gasteiger partial charge < -0.3 is 5.32 Å². The van der Waals surface area contributed by atoms with Gasteiger partial charge in [0.05, 0.1) is 10.7 Å². The lowest BCUT2D eigenvalue weighted by Crippen LogP contribution is -2.41. The molecule has 0 spiro atoms. The number of nitrogens with one attached hydrogen (secondary N) is 1. The lowest BCUT2D eigenvalue weighted by molar-refractivity contribution is -0.384. The van der Waals surface area contributed by atoms with E-state index in [0.29, 0.717) is 29.1 Å². The zero-order chi connectivity index (χ0) is 21.0. The Bertz CT molecular complexity index is 1020. The molecule has 1 aliphatic rings. The highest BCUT2D eigenvalue weighted by Gasteiger charge is 2.31. The van der Waals surface area contributed by atoms with Crippen LogP contribution in [0.2, 0.25) is 5.02 Å². The van der Waals surface area contributed by atoms with E-state index in [0.717, 1.165) is 0 Å². The van der Waals surface area contributed by atoms with Crippen LogP contribution in [0.5, 0.6) is 0 Å². The van der Waals surface area contributed by atoms with Crippen LogP contribution in [-0.2, 0) is 20.6 Å². The van der Waals surface area contributed by atoms with Gasteiger partial charge in [0.25, 0.3) is 5.69 Å². The van der Waals surface area contributed by atoms with Crippen LogP contribution in [-0.4, -0.2) is 36.6 Å². The van der Waals surface area contributed by atoms with Gasteiger partial charge in [0, 0.05) is 41.9 Å². The molecule has 154 valence electrons. The lowest BCUT2D eigenvalue weighted by atomic mass is 9.97. The van der Waals surface area contributed by atoms with E-state index < -0.39 is 14.9 Å². The number of nitro benzene ring substituents is 1. The van der Waals surface area contributed by atoms with Crippen LogP contribution in [0.3, 0.4) is 0 Å². The molecule has 0 bridgehead atoms. The van der Waals surface area contributed by atoms with Crippen LogP contribution in [0.4, 0.5) is 11.4 Å². The third kappa shape index (κ3) is 5.53. The molecule has 2 aromatic rings. The van der Waals surface area contributed by atoms with Gasteiger partial charge in [-0.25, -0.2) is 12.7 Å². The van der Waals surface area contributed by atoms with Crippen molar-refractivity contribution in [3.63, 3.8) is 0 Å². The number of benzene rings is 2. The minimum absolute atomic E-state index is 0.107. The first kappa shape index (κ1) is 21.2. The van der Waals surface area contributed by atoms with Gasteiger partial charge in [0.2, 0.25) is 15.9 Å². The van der Waals surface area contributed by atoms with Gasteiger partial charge >= 0.3 is 0 Å². The first-order valence-electron chi connectivity index (χ1n) is 9.02. The van der Waals surface area contributed by atoms with Crippen molar-refractivity contribution in [1.29, 1.82) is 0 Å². The SMILES string of the molecule is O=C(Nc1cccc([N+](=O)[O-])c1)C1CCN(S(=O)(=O)Cc2cccc(Cl)c2)CC1. The van der Waals surface area contributed by atoms with Gasteiger partial charge in [-0.05, 0) is 36.6 Å². The molecule has 0 aliphatic carbocycles. The van der Waals surface area contributed by atoms with Crippen molar-refractivity contribution in [1.82, 2.24) is 4.31 Å². The maximum absolute atomic E-state index is 12.7. The van der Waals surface area contributed by atoms with Crippen molar-refractivity contribution in [3.8, 4) is 0 Å². The van der Waals surface area contributed by atoms with Crippen LogP contribution in [0, 0.1) is 16.0 Å². The second-order valence-corrected chi connectivity index (χ2v) is 9.26. The molecule has 1 amide bonds. The molecule has 1 N–H and O–H groups in total. The first-order valence-corrected chi connectivity index (χ1v) is 11.0. The second-order valence-electron chi connectivity index (χ2n) is 6.86. The maximum atomic E-state index is 12.7. The number of piperidine rings is 1. The molecule has 10 heteroatoms. The molecule has 0 radical (unpaired) electrons. The maximum Gasteiger partial charge on any atom is 0.271 e. The molecule has 1 aliphatic heterocycles. The second kappa shape index (κ2) is 8.89. The molecule has 1 fully saturated rings. The summed E-state index contributed by atoms with van der Waals surface area (Å²) in [6.07, 6.45) is 0.769. The number of nitrogens with zero attached hydrogens (tertiary/aromatic N) is 2. The summed E-state index contributed by atoms with van der Waals surface area (Å²) in [5.41, 5.74) is 0.855. The zero-order valence-electron chi connectivity index (χ0n) is 15.5. The molecule has 29 heavy (non-hydrogen) atoms. The summed E-state index contributed by atoms with van der Waals surface area (Å²) >= 11 is 5.92. The van der Waals surface area contributed by atoms with Gasteiger partial charge in [-0.1, -0.05) is 29.8 Å². The summed E-state index contributed by atoms with van der Waals surface area (Å²) < 4.78 is 26.7. The minimum atomic E-state index is -3.51. The van der Waals surface area contributed by atoms with Crippen molar-refractivity contribution in [3.05, 3.63) is 69.2 Å². The van der Waals surface area contributed by atoms with Gasteiger partial charge in [0.15, 0.2) is 0 Å². The Morgan fingerprint density at radius 1 is 1.17 bits per heavy atom. The highest BCUT2D eigenvalue weighted by atomic mass is 35.5. The number of hydrogen-bond donors (Lipinski definition) is 1. The van der Waals surface area contributed by atoms with E-state index in [1.165, 1.54) is 22.5 Å². The first-order chi connectivity index (χ1) is 13.7. The monoisotopic (exact) mass is 437 g/mol. The highest BCUT2D eigenvalue weighted by molar-refractivity contribution is 7.88. The number of amides is 1. The molecule has 0 aromatic heterocycles. The smallest absolute Gasteiger partial charge is 0.271 e. The Morgan fingerprint density at radius 3 is 2.52 bits per heavy atom. The van der Waals surface area contributed by atoms with Crippen molar-refractivity contribution >= 4 is 38.9 Å². The summed E-state index contributed by atoms with van der Waals surface area (Å²) in [7, 11) is -3.51. The normalized spacial score (nSPS) is 15.8. The number of sulfonamides is 1. The van der Waals surface area contributed by atoms with Gasteiger partial charge in [0.1, 0.15) is 0 Å². The standard InChI is InChI=1S/C19H20ClN3O5S/c20-16-4-1-3-14(11-16)13-29(27,28)22-9-7-15(8-10-22)19(24)21-17-5-2-6-18(12-17)23(25)26/h1-6,11-12,15H,7-10,13H2,(H,21,24). The number of carbonyl (C=O) groups is 1. The topological polar surface area (TPSA) is 110 Å². The molecular formula is C19H20ClN3O5S. The molecule has 0 unspecified atom stereocenters. The van der Waals surface area contributed by atoms with E-state index in [2.05, 4.69) is 5.32 Å². The molecule has 0 atom stereocenters. The molecule has 2 aromatic carbocycles. The van der Waals surface area contributed by atoms with Crippen LogP contribution >= 0.6 is 11.6 Å². The molecule has 1 saturated heterocycles. The van der Waals surface area contributed by atoms with Crippen molar-refractivity contribution in [2.24, 2.45) is 5.92 Å². The fraction of sp³-hybridized carbons (Fsp3) is 0.316. The Balaban J connectivity index is 1.57. The molecule has 1 heterocycles. The van der Waals surface area contributed by atoms with Crippen LogP contribution in [0.1, 0.15) is 18.4 Å². The van der Waals surface area contributed by atoms with Gasteiger partial charge in [-0.15, -0.1) is 0 Å². The summed E-state index contributed by atoms with van der Waals surface area (Å²) in [6.45, 7) is 0.492. The van der Waals surface area contributed by atoms with Gasteiger partial charge in [-0.3, -0.25) is 14.9 Å². The van der Waals surface area contributed by atoms with E-state index in [4.69, 9.17) is 11.6 Å². The number of carbonyl (C=O) groups excluding carboxylic acids is 1. The number of hydrogen-bond acceptors (Lipinski definition) is 5. The summed E-state index contributed by atoms with van der Waals surface area (Å²) in [5.74, 6) is -0.762. The molecule has 3 rings (SSSR count). The largest absolute Gasteiger partial charge is 0.326 e. The summed E-state index contributed by atoms with van der Waals surface area (Å²) in [6, 6.07) is 12.4. The summed E-state index contributed by atoms with van der Waals surface area (Å²) in [4.78, 5) is 22.8. The Morgan fingerprint density at radius 2 is 1.86 bits per heavy atom. The summed E-state index contributed by atoms with van der Waals surface area (Å²) in [5, 5.41) is 14.0. The molecule has 8 nitrogen and oxygen atoms in total. The average Bonchev–Trinajstić information content (AvgIpc) is 2.68. The Hall–Kier alpha value is -2.49. The Labute approximate surface area is 173 Å². The number of anilines is 1. The third-order valence-electron chi connectivity index (χ3n) is 4.78. The van der Waals surface area contributed by atoms with E-state index in [1.54, 1.807) is 30.3 Å². The van der Waals surface area contributed by atoms with Crippen LogP contribution < -0.4 is 5.32 Å². The zero-order valence-corrected chi connectivity index (χ0v) is 17.0. The van der Waals surface area contributed by atoms with Crippen molar-refractivity contribution in [2.45, 2.75) is 18.6 Å². The van der Waals surface area contributed by atoms with E-state index >= 15 is 0 Å². The predicted octanol–water partition coefficient (Wildman–Crippen LogP) is 3.43. The van der Waals surface area contributed by atoms with Crippen molar-refractivity contribution in [2.75, 3.05) is 18.4 Å². The minimum Gasteiger partial charge on any atom is -0.326 e. The fourth-order valence-corrected chi connectivity index (χ4v) is 5.03. The average molecular weight is 438 g/mol. The number of halogens is 1. The molecular weight excluding hydrogens is 418 g/mol. The predicted molar refractivity (Wildman–Crippen MR) is 110 cm³/mol. The van der Waals surface area contributed by atoms with E-state index in [1.807, 2.05) is 0 Å². The fourth-order valence-electron chi connectivity index (χ4n) is 3.27. The van der Waals surface area contributed by atoms with Crippen molar-refractivity contribution < 1.29 is 18.1 Å². The highest BCUT2D eigenvalue weighted by Crippen LogP contribution is 2.24. The number of rotatable bonds is 6. The van der Waals surface area contributed by atoms with E-state index in [9.17, 15) is 23.3 Å². The molecule has 0 saturated carbocycles. The van der Waals surface area contributed by atoms with Gasteiger partial charge in [-0.2, -0.15) is 0 Å². The van der Waals surface area contributed by atoms with Crippen LogP contribution in [0.25, 0.3) is 0 Å². The number of non-ortho nitro benzene ring substituents is 1. The lowest BCUT2D eigenvalue weighted by Gasteiger charge is -2.30. The Kier molecular flexibility index (Phi) is 6.51. The number of nitro groups is 1. The van der Waals surface area contributed by atoms with E-state index in [-0.39, 0.29) is 36.4 Å².